The minimum absolute atomic E-state index is 0.0394. The Labute approximate surface area is 117 Å². The van der Waals surface area contributed by atoms with Crippen LogP contribution in [0.2, 0.25) is 0 Å². The topological polar surface area (TPSA) is 62.7 Å². The van der Waals surface area contributed by atoms with Gasteiger partial charge in [0.25, 0.3) is 5.91 Å². The predicted molar refractivity (Wildman–Crippen MR) is 73.3 cm³/mol. The lowest BCUT2D eigenvalue weighted by Gasteiger charge is -2.16. The van der Waals surface area contributed by atoms with E-state index in [1.54, 1.807) is 25.1 Å². The second kappa shape index (κ2) is 6.45. The molecule has 1 aromatic rings. The fourth-order valence-electron chi connectivity index (χ4n) is 1.98. The molecule has 1 fully saturated rings. The summed E-state index contributed by atoms with van der Waals surface area (Å²) in [6.07, 6.45) is 3.93. The second-order valence-corrected chi connectivity index (χ2v) is 5.99. The summed E-state index contributed by atoms with van der Waals surface area (Å²) in [7, 11) is 1.75. The molecule has 0 bridgehead atoms. The van der Waals surface area contributed by atoms with Crippen molar-refractivity contribution in [3.63, 3.8) is 0 Å². The van der Waals surface area contributed by atoms with Crippen LogP contribution >= 0.6 is 11.3 Å². The summed E-state index contributed by atoms with van der Waals surface area (Å²) in [5, 5.41) is 10.1. The molecule has 1 aromatic heterocycles. The van der Waals surface area contributed by atoms with Gasteiger partial charge in [0.15, 0.2) is 0 Å². The van der Waals surface area contributed by atoms with Crippen molar-refractivity contribution in [1.29, 1.82) is 0 Å². The molecule has 2 unspecified atom stereocenters. The van der Waals surface area contributed by atoms with Crippen LogP contribution in [0.5, 0.6) is 0 Å². The van der Waals surface area contributed by atoms with E-state index < -0.39 is 0 Å². The zero-order valence-corrected chi connectivity index (χ0v) is 12.2. The highest BCUT2D eigenvalue weighted by Gasteiger charge is 2.23. The number of hydrogen-bond donors (Lipinski definition) is 1. The van der Waals surface area contributed by atoms with E-state index in [0.29, 0.717) is 17.8 Å². The van der Waals surface area contributed by atoms with Crippen LogP contribution in [0.1, 0.15) is 47.0 Å². The molecule has 19 heavy (non-hydrogen) atoms. The van der Waals surface area contributed by atoms with E-state index in [1.165, 1.54) is 11.3 Å². The third-order valence-electron chi connectivity index (χ3n) is 3.17. The van der Waals surface area contributed by atoms with E-state index in [1.807, 2.05) is 0 Å². The third-order valence-corrected chi connectivity index (χ3v) is 4.25. The number of hydrogen-bond acceptors (Lipinski definition) is 5. The van der Waals surface area contributed by atoms with Crippen LogP contribution < -0.4 is 0 Å². The lowest BCUT2D eigenvalue weighted by Crippen LogP contribution is -2.28. The van der Waals surface area contributed by atoms with Crippen molar-refractivity contribution in [3.05, 3.63) is 16.1 Å². The number of carbonyl (C=O) groups excluding carboxylic acids is 1. The van der Waals surface area contributed by atoms with E-state index >= 15 is 0 Å². The van der Waals surface area contributed by atoms with E-state index in [-0.39, 0.29) is 18.1 Å². The largest absolute Gasteiger partial charge is 0.393 e. The molecule has 0 aromatic carbocycles. The van der Waals surface area contributed by atoms with Crippen LogP contribution in [0.3, 0.4) is 0 Å². The van der Waals surface area contributed by atoms with Gasteiger partial charge >= 0.3 is 0 Å². The van der Waals surface area contributed by atoms with E-state index in [9.17, 15) is 9.90 Å². The zero-order valence-electron chi connectivity index (χ0n) is 11.3. The zero-order chi connectivity index (χ0) is 13.8. The first-order valence-corrected chi connectivity index (χ1v) is 7.40. The van der Waals surface area contributed by atoms with Gasteiger partial charge in [0.2, 0.25) is 0 Å². The number of aromatic nitrogens is 1. The van der Waals surface area contributed by atoms with Gasteiger partial charge < -0.3 is 14.7 Å². The van der Waals surface area contributed by atoms with E-state index in [0.717, 1.165) is 24.5 Å². The van der Waals surface area contributed by atoms with Crippen LogP contribution in [-0.4, -0.2) is 47.2 Å². The number of rotatable bonds is 5. The van der Waals surface area contributed by atoms with Crippen LogP contribution in [0.4, 0.5) is 0 Å². The van der Waals surface area contributed by atoms with E-state index in [2.05, 4.69) is 4.98 Å². The highest BCUT2D eigenvalue weighted by atomic mass is 32.1. The summed E-state index contributed by atoms with van der Waals surface area (Å²) in [5.41, 5.74) is 0. The standard InChI is InChI=1S/C13H20N2O3S/c1-9(16)5-6-15(2)13(17)11-8-14-12(19-11)10-4-3-7-18-10/h8-10,16H,3-7H2,1-2H3. The summed E-state index contributed by atoms with van der Waals surface area (Å²) in [5.74, 6) is -0.0394. The Kier molecular flexibility index (Phi) is 4.90. The van der Waals surface area contributed by atoms with Gasteiger partial charge in [-0.3, -0.25) is 4.79 Å². The maximum absolute atomic E-state index is 12.2. The molecule has 6 heteroatoms. The SMILES string of the molecule is CC(O)CCN(C)C(=O)c1cnc(C2CCCO2)s1. The Hall–Kier alpha value is -0.980. The average Bonchev–Trinajstić information content (AvgIpc) is 3.04. The lowest BCUT2D eigenvalue weighted by molar-refractivity contribution is 0.0773. The molecular weight excluding hydrogens is 264 g/mol. The smallest absolute Gasteiger partial charge is 0.265 e. The number of aliphatic hydroxyl groups is 1. The summed E-state index contributed by atoms with van der Waals surface area (Å²) >= 11 is 1.41. The molecule has 1 amide bonds. The molecule has 2 atom stereocenters. The number of ether oxygens (including phenoxy) is 1. The quantitative estimate of drug-likeness (QED) is 0.896. The highest BCUT2D eigenvalue weighted by molar-refractivity contribution is 7.13. The summed E-state index contributed by atoms with van der Waals surface area (Å²) in [6.45, 7) is 3.05. The van der Waals surface area contributed by atoms with Crippen LogP contribution in [0, 0.1) is 0 Å². The first-order chi connectivity index (χ1) is 9.08. The number of thiazole rings is 1. The second-order valence-electron chi connectivity index (χ2n) is 4.93. The summed E-state index contributed by atoms with van der Waals surface area (Å²) in [4.78, 5) is 18.7. The van der Waals surface area contributed by atoms with Gasteiger partial charge in [-0.05, 0) is 26.2 Å². The first kappa shape index (κ1) is 14.4. The monoisotopic (exact) mass is 284 g/mol. The molecule has 1 saturated heterocycles. The van der Waals surface area contributed by atoms with Crippen LogP contribution in [0.15, 0.2) is 6.20 Å². The number of carbonyl (C=O) groups is 1. The maximum atomic E-state index is 12.2. The van der Waals surface area contributed by atoms with Gasteiger partial charge in [-0.15, -0.1) is 11.3 Å². The molecule has 0 radical (unpaired) electrons. The minimum atomic E-state index is -0.390. The Bertz CT molecular complexity index is 427. The van der Waals surface area contributed by atoms with Crippen molar-refractivity contribution in [3.8, 4) is 0 Å². The summed E-state index contributed by atoms with van der Waals surface area (Å²) < 4.78 is 5.56. The predicted octanol–water partition coefficient (Wildman–Crippen LogP) is 1.84. The molecule has 1 aliphatic rings. The molecule has 1 aliphatic heterocycles. The molecule has 1 N–H and O–H groups in total. The molecule has 2 heterocycles. The molecule has 5 nitrogen and oxygen atoms in total. The number of aliphatic hydroxyl groups excluding tert-OH is 1. The molecular formula is C13H20N2O3S. The molecule has 0 saturated carbocycles. The highest BCUT2D eigenvalue weighted by Crippen LogP contribution is 2.31. The third kappa shape index (κ3) is 3.75. The summed E-state index contributed by atoms with van der Waals surface area (Å²) in [6, 6.07) is 0. The average molecular weight is 284 g/mol. The number of nitrogens with zero attached hydrogens (tertiary/aromatic N) is 2. The van der Waals surface area contributed by atoms with Crippen molar-refractivity contribution < 1.29 is 14.6 Å². The Balaban J connectivity index is 1.95. The molecule has 106 valence electrons. The Morgan fingerprint density at radius 3 is 3.16 bits per heavy atom. The van der Waals surface area contributed by atoms with Crippen molar-refractivity contribution in [2.24, 2.45) is 0 Å². The van der Waals surface area contributed by atoms with Crippen molar-refractivity contribution in [1.82, 2.24) is 9.88 Å². The maximum Gasteiger partial charge on any atom is 0.265 e. The lowest BCUT2D eigenvalue weighted by atomic mass is 10.2. The number of amides is 1. The molecule has 2 rings (SSSR count). The van der Waals surface area contributed by atoms with Crippen molar-refractivity contribution >= 4 is 17.2 Å². The van der Waals surface area contributed by atoms with Crippen LogP contribution in [0.25, 0.3) is 0 Å². The minimum Gasteiger partial charge on any atom is -0.393 e. The van der Waals surface area contributed by atoms with E-state index in [4.69, 9.17) is 4.74 Å². The van der Waals surface area contributed by atoms with Gasteiger partial charge in [-0.2, -0.15) is 0 Å². The normalized spacial score (nSPS) is 20.5. The van der Waals surface area contributed by atoms with Gasteiger partial charge in [-0.25, -0.2) is 4.98 Å². The fraction of sp³-hybridized carbons (Fsp3) is 0.692. The Morgan fingerprint density at radius 2 is 2.53 bits per heavy atom. The van der Waals surface area contributed by atoms with Gasteiger partial charge in [0, 0.05) is 20.2 Å². The Morgan fingerprint density at radius 1 is 1.74 bits per heavy atom. The van der Waals surface area contributed by atoms with Crippen molar-refractivity contribution in [2.75, 3.05) is 20.2 Å². The molecule has 0 spiro atoms. The van der Waals surface area contributed by atoms with Crippen LogP contribution in [-0.2, 0) is 4.74 Å². The van der Waals surface area contributed by atoms with Gasteiger partial charge in [-0.1, -0.05) is 0 Å². The van der Waals surface area contributed by atoms with Crippen molar-refractivity contribution in [2.45, 2.75) is 38.4 Å². The fourth-order valence-corrected chi connectivity index (χ4v) is 2.97. The van der Waals surface area contributed by atoms with Gasteiger partial charge in [0.05, 0.1) is 12.3 Å². The first-order valence-electron chi connectivity index (χ1n) is 6.58. The van der Waals surface area contributed by atoms with Gasteiger partial charge in [0.1, 0.15) is 16.0 Å². The molecule has 0 aliphatic carbocycles.